The van der Waals surface area contributed by atoms with Gasteiger partial charge in [0.15, 0.2) is 0 Å². The topological polar surface area (TPSA) is 130 Å². The molecule has 2 aromatic heterocycles. The van der Waals surface area contributed by atoms with E-state index in [2.05, 4.69) is 29.9 Å². The van der Waals surface area contributed by atoms with Gasteiger partial charge in [-0.25, -0.2) is 23.5 Å². The molecule has 0 aliphatic carbocycles. The zero-order chi connectivity index (χ0) is 33.4. The Morgan fingerprint density at radius 3 is 2.30 bits per heavy atom. The van der Waals surface area contributed by atoms with Crippen molar-refractivity contribution in [2.24, 2.45) is 0 Å². The van der Waals surface area contributed by atoms with Crippen LogP contribution in [0.3, 0.4) is 0 Å². The van der Waals surface area contributed by atoms with Gasteiger partial charge in [0.05, 0.1) is 11.6 Å². The van der Waals surface area contributed by atoms with Crippen LogP contribution in [0.25, 0.3) is 0 Å². The molecule has 1 aromatic carbocycles. The molecule has 0 spiro atoms. The van der Waals surface area contributed by atoms with Gasteiger partial charge in [-0.15, -0.1) is 0 Å². The molecule has 16 heteroatoms. The van der Waals surface area contributed by atoms with Crippen LogP contribution < -0.4 is 15.1 Å². The van der Waals surface area contributed by atoms with E-state index in [0.29, 0.717) is 32.9 Å². The molecule has 2 atom stereocenters. The number of amides is 2. The average Bonchev–Trinajstić information content (AvgIpc) is 3.65. The maximum Gasteiger partial charge on any atom is 0.407 e. The second-order valence-corrected chi connectivity index (χ2v) is 12.6. The van der Waals surface area contributed by atoms with Crippen molar-refractivity contribution in [1.82, 2.24) is 30.3 Å². The van der Waals surface area contributed by atoms with Crippen LogP contribution in [0.4, 0.5) is 34.3 Å². The van der Waals surface area contributed by atoms with Gasteiger partial charge in [-0.05, 0) is 62.5 Å². The van der Waals surface area contributed by atoms with Crippen LogP contribution >= 0.6 is 0 Å². The van der Waals surface area contributed by atoms with Crippen LogP contribution in [-0.2, 0) is 10.7 Å². The summed E-state index contributed by atoms with van der Waals surface area (Å²) in [4.78, 5) is 43.5. The van der Waals surface area contributed by atoms with Crippen molar-refractivity contribution in [1.29, 1.82) is 0 Å². The van der Waals surface area contributed by atoms with Crippen LogP contribution in [0.5, 0.6) is 0 Å². The lowest BCUT2D eigenvalue weighted by molar-refractivity contribution is -0.0158. The van der Waals surface area contributed by atoms with Gasteiger partial charge in [-0.3, -0.25) is 4.79 Å². The normalized spacial score (nSPS) is 19.3. The number of piperidine rings is 1. The Labute approximate surface area is 263 Å². The van der Waals surface area contributed by atoms with Gasteiger partial charge in [-0.1, -0.05) is 0 Å². The van der Waals surface area contributed by atoms with Crippen molar-refractivity contribution in [3.05, 3.63) is 59.2 Å². The highest BCUT2D eigenvalue weighted by molar-refractivity contribution is 5.93. The first kappa shape index (κ1) is 32.9. The van der Waals surface area contributed by atoms with E-state index in [-0.39, 0.29) is 48.1 Å². The van der Waals surface area contributed by atoms with Crippen molar-refractivity contribution in [2.75, 3.05) is 43.0 Å². The van der Waals surface area contributed by atoms with E-state index in [9.17, 15) is 27.2 Å². The molecule has 2 saturated heterocycles. The first-order valence-corrected chi connectivity index (χ1v) is 14.8. The minimum Gasteiger partial charge on any atom is -0.444 e. The quantitative estimate of drug-likeness (QED) is 0.366. The molecule has 0 bridgehead atoms. The first-order chi connectivity index (χ1) is 21.6. The molecule has 2 amide bonds. The zero-order valence-electron chi connectivity index (χ0n) is 26.1. The monoisotopic (exact) mass is 648 g/mol. The Balaban J connectivity index is 1.23. The van der Waals surface area contributed by atoms with Crippen LogP contribution in [0, 0.1) is 11.6 Å². The summed E-state index contributed by atoms with van der Waals surface area (Å²) in [5.74, 6) is -5.80. The Morgan fingerprint density at radius 2 is 1.70 bits per heavy atom. The van der Waals surface area contributed by atoms with Gasteiger partial charge < -0.3 is 29.3 Å². The van der Waals surface area contributed by atoms with Crippen LogP contribution in [0.1, 0.15) is 68.3 Å². The molecule has 0 radical (unpaired) electrons. The number of nitrogens with one attached hydrogen (secondary N) is 1. The number of rotatable bonds is 7. The first-order valence-electron chi connectivity index (χ1n) is 14.8. The molecule has 46 heavy (non-hydrogen) atoms. The average molecular weight is 649 g/mol. The number of ether oxygens (including phenoxy) is 1. The lowest BCUT2D eigenvalue weighted by Crippen LogP contribution is -2.46. The van der Waals surface area contributed by atoms with Crippen LogP contribution in [0.15, 0.2) is 35.1 Å². The number of aromatic nitrogens is 4. The highest BCUT2D eigenvalue weighted by atomic mass is 19.3. The molecular formula is C30H36F4N8O4. The highest BCUT2D eigenvalue weighted by Crippen LogP contribution is 2.33. The van der Waals surface area contributed by atoms with Gasteiger partial charge >= 0.3 is 12.0 Å². The van der Waals surface area contributed by atoms with Crippen molar-refractivity contribution in [3.63, 3.8) is 0 Å². The maximum absolute atomic E-state index is 14.8. The molecule has 4 heterocycles. The Morgan fingerprint density at radius 1 is 1.02 bits per heavy atom. The number of alkyl halides is 2. The Kier molecular flexibility index (Phi) is 9.09. The van der Waals surface area contributed by atoms with Crippen molar-refractivity contribution in [3.8, 4) is 0 Å². The summed E-state index contributed by atoms with van der Waals surface area (Å²) in [6, 6.07) is 2.40. The number of carbonyl (C=O) groups is 2. The second kappa shape index (κ2) is 12.7. The van der Waals surface area contributed by atoms with Crippen LogP contribution in [-0.4, -0.2) is 87.9 Å². The van der Waals surface area contributed by atoms with Crippen molar-refractivity contribution in [2.45, 2.75) is 70.1 Å². The van der Waals surface area contributed by atoms with Gasteiger partial charge in [0.1, 0.15) is 17.2 Å². The van der Waals surface area contributed by atoms with Gasteiger partial charge in [0.2, 0.25) is 5.95 Å². The molecule has 2 aliphatic heterocycles. The number of nitrogens with zero attached hydrogens (tertiary/aromatic N) is 7. The second-order valence-electron chi connectivity index (χ2n) is 12.6. The minimum atomic E-state index is -3.23. The van der Waals surface area contributed by atoms with E-state index in [0.717, 1.165) is 18.2 Å². The highest BCUT2D eigenvalue weighted by Gasteiger charge is 2.39. The van der Waals surface area contributed by atoms with E-state index in [1.807, 2.05) is 0 Å². The van der Waals surface area contributed by atoms with Gasteiger partial charge in [0.25, 0.3) is 17.7 Å². The fourth-order valence-corrected chi connectivity index (χ4v) is 5.63. The van der Waals surface area contributed by atoms with Crippen molar-refractivity contribution < 1.29 is 36.4 Å². The number of halogens is 4. The third-order valence-corrected chi connectivity index (χ3v) is 7.95. The smallest absolute Gasteiger partial charge is 0.407 e. The van der Waals surface area contributed by atoms with E-state index >= 15 is 0 Å². The Bertz CT molecular complexity index is 1550. The summed E-state index contributed by atoms with van der Waals surface area (Å²) >= 11 is 0. The summed E-state index contributed by atoms with van der Waals surface area (Å²) in [6.07, 6.45) is 3.20. The predicted octanol–water partition coefficient (Wildman–Crippen LogP) is 4.49. The zero-order valence-corrected chi connectivity index (χ0v) is 26.1. The number of alkyl carbamates (subject to hydrolysis) is 1. The van der Waals surface area contributed by atoms with Gasteiger partial charge in [0, 0.05) is 64.5 Å². The van der Waals surface area contributed by atoms with Crippen molar-refractivity contribution >= 4 is 23.9 Å². The molecule has 1 N–H and O–H groups in total. The molecule has 5 rings (SSSR count). The molecule has 248 valence electrons. The number of hydrogen-bond acceptors (Lipinski definition) is 10. The molecule has 3 aromatic rings. The van der Waals surface area contributed by atoms with E-state index in [1.54, 1.807) is 42.5 Å². The Hall–Kier alpha value is -4.50. The lowest BCUT2D eigenvalue weighted by Gasteiger charge is -2.36. The number of anilines is 2. The molecular weight excluding hydrogens is 612 g/mol. The predicted molar refractivity (Wildman–Crippen MR) is 158 cm³/mol. The summed E-state index contributed by atoms with van der Waals surface area (Å²) in [5.41, 5.74) is -0.409. The minimum absolute atomic E-state index is 0.0840. The standard InChI is InChI=1S/C30H36F4N8O4/c1-29(2,3)45-28(44)37-23-16-42(15-21(23)20-12-18(31)6-7-22(20)32)26-35-13-17(14-36-26)24(43)40(5)19-8-10-41(11-9-19)27-38-25(46-39-27)30(4,33)34/h6-7,12-14,19,21,23H,8-11,15-16H2,1-5H3,(H,37,44). The van der Waals surface area contributed by atoms with E-state index in [4.69, 9.17) is 4.74 Å². The summed E-state index contributed by atoms with van der Waals surface area (Å²) < 4.78 is 65.9. The molecule has 12 nitrogen and oxygen atoms in total. The molecule has 2 aliphatic rings. The maximum atomic E-state index is 14.8. The summed E-state index contributed by atoms with van der Waals surface area (Å²) in [5, 5.41) is 6.43. The van der Waals surface area contributed by atoms with E-state index < -0.39 is 47.1 Å². The number of carbonyl (C=O) groups excluding carboxylic acids is 2. The largest absolute Gasteiger partial charge is 0.444 e. The van der Waals surface area contributed by atoms with E-state index in [1.165, 1.54) is 12.4 Å². The van der Waals surface area contributed by atoms with Gasteiger partial charge in [-0.2, -0.15) is 13.8 Å². The number of benzene rings is 1. The number of hydrogen-bond donors (Lipinski definition) is 1. The fourth-order valence-electron chi connectivity index (χ4n) is 5.63. The third-order valence-electron chi connectivity index (χ3n) is 7.95. The third kappa shape index (κ3) is 7.48. The molecule has 0 saturated carbocycles. The summed E-state index contributed by atoms with van der Waals surface area (Å²) in [7, 11) is 1.67. The SMILES string of the molecule is CN(C(=O)c1cnc(N2CC(NC(=O)OC(C)(C)C)C(c3cc(F)ccc3F)C2)nc1)C1CCN(c2noc(C(C)(F)F)n2)CC1. The molecule has 2 unspecified atom stereocenters. The molecule has 2 fully saturated rings. The summed E-state index contributed by atoms with van der Waals surface area (Å²) in [6.45, 7) is 7.07. The lowest BCUT2D eigenvalue weighted by atomic mass is 9.94. The van der Waals surface area contributed by atoms with Crippen LogP contribution in [0.2, 0.25) is 0 Å². The fraction of sp³-hybridized carbons (Fsp3) is 0.533.